The molecule has 1 fully saturated rings. The Hall–Kier alpha value is -1.73. The zero-order valence-electron chi connectivity index (χ0n) is 13.0. The van der Waals surface area contributed by atoms with E-state index in [1.807, 2.05) is 16.9 Å². The first-order chi connectivity index (χ1) is 10.6. The van der Waals surface area contributed by atoms with Gasteiger partial charge in [-0.15, -0.1) is 11.3 Å². The molecule has 22 heavy (non-hydrogen) atoms. The zero-order chi connectivity index (χ0) is 15.5. The molecule has 7 heteroatoms. The number of carbonyl (C=O) groups is 1. The van der Waals surface area contributed by atoms with E-state index in [-0.39, 0.29) is 5.91 Å². The van der Waals surface area contributed by atoms with Crippen molar-refractivity contribution in [2.45, 2.75) is 39.3 Å². The molecule has 0 bridgehead atoms. The van der Waals surface area contributed by atoms with Crippen molar-refractivity contribution in [3.05, 3.63) is 28.3 Å². The van der Waals surface area contributed by atoms with Crippen molar-refractivity contribution in [1.82, 2.24) is 19.7 Å². The molecule has 0 unspecified atom stereocenters. The van der Waals surface area contributed by atoms with Crippen LogP contribution in [-0.2, 0) is 17.8 Å². The van der Waals surface area contributed by atoms with Gasteiger partial charge in [-0.25, -0.2) is 4.98 Å². The summed E-state index contributed by atoms with van der Waals surface area (Å²) in [6, 6.07) is 2.21. The molecule has 1 aliphatic heterocycles. The zero-order valence-corrected chi connectivity index (χ0v) is 13.8. The van der Waals surface area contributed by atoms with Crippen LogP contribution in [0.1, 0.15) is 37.0 Å². The average Bonchev–Trinajstić information content (AvgIpc) is 3.18. The van der Waals surface area contributed by atoms with Gasteiger partial charge < -0.3 is 5.32 Å². The van der Waals surface area contributed by atoms with Crippen LogP contribution in [0.25, 0.3) is 0 Å². The second-order valence-electron chi connectivity index (χ2n) is 5.63. The lowest BCUT2D eigenvalue weighted by Crippen LogP contribution is -2.21. The minimum absolute atomic E-state index is 0.0893. The highest BCUT2D eigenvalue weighted by Gasteiger charge is 2.25. The number of amides is 1. The molecular formula is C15H21N5OS. The normalized spacial score (nSPS) is 18.7. The van der Waals surface area contributed by atoms with Gasteiger partial charge in [-0.05, 0) is 12.8 Å². The molecule has 0 aromatic carbocycles. The summed E-state index contributed by atoms with van der Waals surface area (Å²) >= 11 is 1.74. The molecular weight excluding hydrogens is 298 g/mol. The molecule has 1 saturated heterocycles. The van der Waals surface area contributed by atoms with Gasteiger partial charge >= 0.3 is 0 Å². The van der Waals surface area contributed by atoms with Crippen LogP contribution >= 0.6 is 11.3 Å². The molecule has 3 heterocycles. The third-order valence-electron chi connectivity index (χ3n) is 3.82. The predicted molar refractivity (Wildman–Crippen MR) is 87.0 cm³/mol. The Morgan fingerprint density at radius 3 is 3.14 bits per heavy atom. The lowest BCUT2D eigenvalue weighted by Gasteiger charge is -2.14. The van der Waals surface area contributed by atoms with E-state index in [0.29, 0.717) is 11.9 Å². The molecule has 2 aromatic rings. The highest BCUT2D eigenvalue weighted by molar-refractivity contribution is 7.09. The van der Waals surface area contributed by atoms with Crippen LogP contribution in [0.4, 0.5) is 5.82 Å². The molecule has 2 aromatic heterocycles. The maximum atomic E-state index is 11.1. The van der Waals surface area contributed by atoms with E-state index < -0.39 is 0 Å². The monoisotopic (exact) mass is 319 g/mol. The number of hydrogen-bond donors (Lipinski definition) is 1. The van der Waals surface area contributed by atoms with Gasteiger partial charge in [0.25, 0.3) is 0 Å². The number of thiazole rings is 1. The molecule has 1 amide bonds. The molecule has 0 spiro atoms. The van der Waals surface area contributed by atoms with Crippen LogP contribution in [0.2, 0.25) is 0 Å². The van der Waals surface area contributed by atoms with Crippen LogP contribution in [0.5, 0.6) is 0 Å². The summed E-state index contributed by atoms with van der Waals surface area (Å²) in [5.74, 6) is 0.534. The molecule has 1 atom stereocenters. The Labute approximate surface area is 134 Å². The quantitative estimate of drug-likeness (QED) is 0.918. The van der Waals surface area contributed by atoms with Gasteiger partial charge in [0.15, 0.2) is 5.82 Å². The van der Waals surface area contributed by atoms with Crippen molar-refractivity contribution in [1.29, 1.82) is 0 Å². The second-order valence-corrected chi connectivity index (χ2v) is 6.57. The maximum absolute atomic E-state index is 11.1. The van der Waals surface area contributed by atoms with Gasteiger partial charge in [0.2, 0.25) is 5.91 Å². The van der Waals surface area contributed by atoms with Gasteiger partial charge in [-0.2, -0.15) is 5.10 Å². The summed E-state index contributed by atoms with van der Waals surface area (Å²) in [4.78, 5) is 18.1. The predicted octanol–water partition coefficient (Wildman–Crippen LogP) is 2.31. The summed E-state index contributed by atoms with van der Waals surface area (Å²) in [6.45, 7) is 6.57. The summed E-state index contributed by atoms with van der Waals surface area (Å²) in [5, 5.41) is 10.5. The minimum atomic E-state index is -0.0893. The summed E-state index contributed by atoms with van der Waals surface area (Å²) in [6.07, 6.45) is 4.02. The van der Waals surface area contributed by atoms with Crippen molar-refractivity contribution in [2.75, 3.05) is 18.4 Å². The topological polar surface area (TPSA) is 63.1 Å². The van der Waals surface area contributed by atoms with Crippen LogP contribution in [0.3, 0.4) is 0 Å². The number of hydrogen-bond acceptors (Lipinski definition) is 5. The third kappa shape index (κ3) is 3.53. The fourth-order valence-corrected chi connectivity index (χ4v) is 3.51. The summed E-state index contributed by atoms with van der Waals surface area (Å²) in [7, 11) is 0. The van der Waals surface area contributed by atoms with Gasteiger partial charge in [0.1, 0.15) is 0 Å². The van der Waals surface area contributed by atoms with E-state index in [9.17, 15) is 4.79 Å². The lowest BCUT2D eigenvalue weighted by molar-refractivity contribution is -0.114. The van der Waals surface area contributed by atoms with Crippen molar-refractivity contribution >= 4 is 23.1 Å². The Balaban J connectivity index is 1.57. The second kappa shape index (κ2) is 6.58. The first-order valence-corrected chi connectivity index (χ1v) is 8.50. The fourth-order valence-electron chi connectivity index (χ4n) is 2.77. The SMILES string of the molecule is CCc1nc(CN2CC[C@H](n3ccc(NC(C)=O)n3)C2)cs1. The van der Waals surface area contributed by atoms with E-state index in [0.717, 1.165) is 32.5 Å². The first kappa shape index (κ1) is 15.2. The number of likely N-dealkylation sites (tertiary alicyclic amines) is 1. The summed E-state index contributed by atoms with van der Waals surface area (Å²) < 4.78 is 1.96. The van der Waals surface area contributed by atoms with Crippen molar-refractivity contribution in [3.8, 4) is 0 Å². The number of nitrogens with one attached hydrogen (secondary N) is 1. The number of carbonyl (C=O) groups excluding carboxylic acids is 1. The number of nitrogens with zero attached hydrogens (tertiary/aromatic N) is 4. The van der Waals surface area contributed by atoms with Gasteiger partial charge in [-0.3, -0.25) is 14.4 Å². The smallest absolute Gasteiger partial charge is 0.222 e. The highest BCUT2D eigenvalue weighted by Crippen LogP contribution is 2.24. The minimum Gasteiger partial charge on any atom is -0.309 e. The Morgan fingerprint density at radius 1 is 1.55 bits per heavy atom. The van der Waals surface area contributed by atoms with Gasteiger partial charge in [0.05, 0.1) is 16.7 Å². The first-order valence-electron chi connectivity index (χ1n) is 7.62. The van der Waals surface area contributed by atoms with E-state index in [2.05, 4.69) is 32.6 Å². The van der Waals surface area contributed by atoms with Crippen LogP contribution < -0.4 is 5.32 Å². The molecule has 0 aliphatic carbocycles. The third-order valence-corrected chi connectivity index (χ3v) is 4.86. The number of aryl methyl sites for hydroxylation is 1. The standard InChI is InChI=1S/C15H21N5OS/c1-3-15-17-12(10-22-15)8-19-6-4-13(9-19)20-7-5-14(18-20)16-11(2)21/h5,7,10,13H,3-4,6,8-9H2,1-2H3,(H,16,18,21)/t13-/m0/s1. The molecule has 0 radical (unpaired) electrons. The van der Waals surface area contributed by atoms with Crippen LogP contribution in [0, 0.1) is 0 Å². The Kier molecular flexibility index (Phi) is 4.54. The Morgan fingerprint density at radius 2 is 2.41 bits per heavy atom. The van der Waals surface area contributed by atoms with E-state index in [1.165, 1.54) is 17.6 Å². The van der Waals surface area contributed by atoms with Crippen molar-refractivity contribution < 1.29 is 4.79 Å². The highest BCUT2D eigenvalue weighted by atomic mass is 32.1. The van der Waals surface area contributed by atoms with E-state index >= 15 is 0 Å². The van der Waals surface area contributed by atoms with Crippen molar-refractivity contribution in [2.24, 2.45) is 0 Å². The maximum Gasteiger partial charge on any atom is 0.222 e. The van der Waals surface area contributed by atoms with Crippen LogP contribution in [-0.4, -0.2) is 38.7 Å². The summed E-state index contributed by atoms with van der Waals surface area (Å²) in [5.41, 5.74) is 1.17. The molecule has 118 valence electrons. The van der Waals surface area contributed by atoms with Crippen LogP contribution in [0.15, 0.2) is 17.6 Å². The molecule has 0 saturated carbocycles. The van der Waals surface area contributed by atoms with E-state index in [4.69, 9.17) is 0 Å². The van der Waals surface area contributed by atoms with Crippen molar-refractivity contribution in [3.63, 3.8) is 0 Å². The number of aromatic nitrogens is 3. The van der Waals surface area contributed by atoms with E-state index in [1.54, 1.807) is 11.3 Å². The molecule has 1 aliphatic rings. The largest absolute Gasteiger partial charge is 0.309 e. The molecule has 3 rings (SSSR count). The Bertz CT molecular complexity index is 650. The molecule has 6 nitrogen and oxygen atoms in total. The fraction of sp³-hybridized carbons (Fsp3) is 0.533. The van der Waals surface area contributed by atoms with Gasteiger partial charge in [0, 0.05) is 44.2 Å². The van der Waals surface area contributed by atoms with Gasteiger partial charge in [-0.1, -0.05) is 6.92 Å². The number of rotatable bonds is 5. The number of anilines is 1. The lowest BCUT2D eigenvalue weighted by atomic mass is 10.3. The molecule has 1 N–H and O–H groups in total. The average molecular weight is 319 g/mol.